The highest BCUT2D eigenvalue weighted by Gasteiger charge is 2.07. The number of hydrogen-bond acceptors (Lipinski definition) is 4. The molecule has 20 heavy (non-hydrogen) atoms. The van der Waals surface area contributed by atoms with Crippen LogP contribution in [-0.2, 0) is 13.2 Å². The first-order valence-electron chi connectivity index (χ1n) is 6.09. The molecule has 0 bridgehead atoms. The molecule has 6 heteroatoms. The highest BCUT2D eigenvalue weighted by Crippen LogP contribution is 2.24. The molecule has 0 saturated heterocycles. The van der Waals surface area contributed by atoms with Crippen molar-refractivity contribution in [3.05, 3.63) is 58.5 Å². The molecule has 0 radical (unpaired) electrons. The van der Waals surface area contributed by atoms with Crippen LogP contribution in [0, 0.1) is 0 Å². The smallest absolute Gasteiger partial charge is 0.134 e. The monoisotopic (exact) mass is 333 g/mol. The molecule has 0 aliphatic carbocycles. The van der Waals surface area contributed by atoms with Crippen LogP contribution >= 0.6 is 15.9 Å². The molecule has 0 spiro atoms. The predicted molar refractivity (Wildman–Crippen MR) is 76.9 cm³/mol. The van der Waals surface area contributed by atoms with Crippen molar-refractivity contribution in [3.63, 3.8) is 0 Å². The minimum absolute atomic E-state index is 0.109. The van der Waals surface area contributed by atoms with E-state index in [1.807, 2.05) is 36.4 Å². The van der Waals surface area contributed by atoms with Gasteiger partial charge in [-0.05, 0) is 24.3 Å². The van der Waals surface area contributed by atoms with E-state index in [0.29, 0.717) is 12.2 Å². The third-order valence-corrected chi connectivity index (χ3v) is 3.38. The van der Waals surface area contributed by atoms with Gasteiger partial charge >= 0.3 is 0 Å². The maximum atomic E-state index is 8.95. The van der Waals surface area contributed by atoms with Crippen LogP contribution in [-0.4, -0.2) is 20.1 Å². The molecule has 1 N–H and O–H groups in total. The molecule has 3 aromatic rings. The molecule has 0 unspecified atom stereocenters. The number of aromatic nitrogens is 3. The zero-order valence-corrected chi connectivity index (χ0v) is 12.1. The molecule has 0 saturated carbocycles. The van der Waals surface area contributed by atoms with E-state index in [1.165, 1.54) is 0 Å². The van der Waals surface area contributed by atoms with E-state index < -0.39 is 0 Å². The first-order valence-corrected chi connectivity index (χ1v) is 6.88. The molecule has 0 atom stereocenters. The molecular formula is C14H12BrN3O2. The minimum Gasteiger partial charge on any atom is -0.459 e. The summed E-state index contributed by atoms with van der Waals surface area (Å²) in [6, 6.07) is 11.8. The summed E-state index contributed by atoms with van der Waals surface area (Å²) in [4.78, 5) is 0. The lowest BCUT2D eigenvalue weighted by Gasteiger charge is -1.98. The van der Waals surface area contributed by atoms with Gasteiger partial charge in [0.25, 0.3) is 0 Å². The molecule has 0 aliphatic rings. The predicted octanol–water partition coefficient (Wildman–Crippen LogP) is 2.84. The third-order valence-electron chi connectivity index (χ3n) is 2.86. The number of hydrogen-bond donors (Lipinski definition) is 1. The van der Waals surface area contributed by atoms with Gasteiger partial charge in [0.2, 0.25) is 0 Å². The summed E-state index contributed by atoms with van der Waals surface area (Å²) >= 11 is 3.41. The Balaban J connectivity index is 1.78. The van der Waals surface area contributed by atoms with Crippen molar-refractivity contribution in [2.45, 2.75) is 13.2 Å². The van der Waals surface area contributed by atoms with Crippen molar-refractivity contribution in [2.75, 3.05) is 0 Å². The summed E-state index contributed by atoms with van der Waals surface area (Å²) in [5, 5.41) is 16.7. The van der Waals surface area contributed by atoms with E-state index in [2.05, 4.69) is 26.2 Å². The number of nitrogens with zero attached hydrogens (tertiary/aromatic N) is 3. The minimum atomic E-state index is -0.109. The van der Waals surface area contributed by atoms with Crippen molar-refractivity contribution < 1.29 is 9.52 Å². The van der Waals surface area contributed by atoms with Crippen molar-refractivity contribution in [1.29, 1.82) is 0 Å². The Morgan fingerprint density at radius 2 is 1.95 bits per heavy atom. The van der Waals surface area contributed by atoms with Gasteiger partial charge in [0.05, 0.1) is 12.8 Å². The fourth-order valence-electron chi connectivity index (χ4n) is 1.88. The van der Waals surface area contributed by atoms with Crippen molar-refractivity contribution in [1.82, 2.24) is 15.0 Å². The van der Waals surface area contributed by atoms with Crippen molar-refractivity contribution in [2.24, 2.45) is 0 Å². The SMILES string of the molecule is OCc1cn(Cc2ccc(-c3ccc(Br)cc3)o2)nn1. The first kappa shape index (κ1) is 13.1. The van der Waals surface area contributed by atoms with Gasteiger partial charge in [-0.15, -0.1) is 5.10 Å². The third kappa shape index (κ3) is 2.81. The van der Waals surface area contributed by atoms with Crippen LogP contribution in [0.1, 0.15) is 11.5 Å². The molecule has 3 rings (SSSR count). The molecule has 102 valence electrons. The van der Waals surface area contributed by atoms with Crippen LogP contribution < -0.4 is 0 Å². The number of halogens is 1. The molecule has 0 aliphatic heterocycles. The molecule has 1 aromatic carbocycles. The molecule has 0 amide bonds. The van der Waals surface area contributed by atoms with Gasteiger partial charge in [0.1, 0.15) is 23.8 Å². The Kier molecular flexibility index (Phi) is 3.66. The average molecular weight is 334 g/mol. The zero-order chi connectivity index (χ0) is 13.9. The van der Waals surface area contributed by atoms with E-state index in [4.69, 9.17) is 9.52 Å². The largest absolute Gasteiger partial charge is 0.459 e. The summed E-state index contributed by atoms with van der Waals surface area (Å²) in [6.07, 6.45) is 1.70. The molecule has 2 heterocycles. The summed E-state index contributed by atoms with van der Waals surface area (Å²) in [5.41, 5.74) is 1.57. The number of benzene rings is 1. The Morgan fingerprint density at radius 3 is 2.65 bits per heavy atom. The van der Waals surface area contributed by atoms with Crippen LogP contribution in [0.4, 0.5) is 0 Å². The zero-order valence-electron chi connectivity index (χ0n) is 10.5. The summed E-state index contributed by atoms with van der Waals surface area (Å²) in [7, 11) is 0. The number of aliphatic hydroxyl groups excluding tert-OH is 1. The highest BCUT2D eigenvalue weighted by atomic mass is 79.9. The van der Waals surface area contributed by atoms with Gasteiger partial charge in [-0.1, -0.05) is 33.3 Å². The van der Waals surface area contributed by atoms with E-state index in [0.717, 1.165) is 21.6 Å². The lowest BCUT2D eigenvalue weighted by atomic mass is 10.2. The lowest BCUT2D eigenvalue weighted by molar-refractivity contribution is 0.276. The number of aliphatic hydroxyl groups is 1. The van der Waals surface area contributed by atoms with E-state index >= 15 is 0 Å². The van der Waals surface area contributed by atoms with Crippen LogP contribution in [0.5, 0.6) is 0 Å². The first-order chi connectivity index (χ1) is 9.74. The Hall–Kier alpha value is -1.92. The van der Waals surface area contributed by atoms with E-state index in [-0.39, 0.29) is 6.61 Å². The molecule has 5 nitrogen and oxygen atoms in total. The molecule has 2 aromatic heterocycles. The maximum Gasteiger partial charge on any atom is 0.134 e. The normalized spacial score (nSPS) is 10.9. The van der Waals surface area contributed by atoms with Crippen LogP contribution in [0.3, 0.4) is 0 Å². The molecule has 0 fully saturated rings. The van der Waals surface area contributed by atoms with Crippen molar-refractivity contribution in [3.8, 4) is 11.3 Å². The quantitative estimate of drug-likeness (QED) is 0.797. The topological polar surface area (TPSA) is 64.1 Å². The van der Waals surface area contributed by atoms with E-state index in [1.54, 1.807) is 10.9 Å². The van der Waals surface area contributed by atoms with Gasteiger partial charge in [0.15, 0.2) is 0 Å². The Bertz CT molecular complexity index is 703. The number of furan rings is 1. The molecular weight excluding hydrogens is 322 g/mol. The van der Waals surface area contributed by atoms with E-state index in [9.17, 15) is 0 Å². The second-order valence-electron chi connectivity index (χ2n) is 4.34. The lowest BCUT2D eigenvalue weighted by Crippen LogP contribution is -1.98. The standard InChI is InChI=1S/C14H12BrN3O2/c15-11-3-1-10(2-4-11)14-6-5-13(20-14)8-18-7-12(9-19)16-17-18/h1-7,19H,8-9H2. The number of rotatable bonds is 4. The summed E-state index contributed by atoms with van der Waals surface area (Å²) in [6.45, 7) is 0.381. The maximum absolute atomic E-state index is 8.95. The second kappa shape index (κ2) is 5.60. The van der Waals surface area contributed by atoms with Crippen molar-refractivity contribution >= 4 is 15.9 Å². The fraction of sp³-hybridized carbons (Fsp3) is 0.143. The average Bonchev–Trinajstić information content (AvgIpc) is 3.09. The summed E-state index contributed by atoms with van der Waals surface area (Å²) < 4.78 is 8.46. The van der Waals surface area contributed by atoms with Gasteiger partial charge in [0, 0.05) is 10.0 Å². The van der Waals surface area contributed by atoms with Gasteiger partial charge in [-0.25, -0.2) is 4.68 Å². The van der Waals surface area contributed by atoms with Gasteiger partial charge in [-0.2, -0.15) is 0 Å². The van der Waals surface area contributed by atoms with Crippen LogP contribution in [0.2, 0.25) is 0 Å². The van der Waals surface area contributed by atoms with Crippen LogP contribution in [0.25, 0.3) is 11.3 Å². The Morgan fingerprint density at radius 1 is 1.15 bits per heavy atom. The van der Waals surface area contributed by atoms with Crippen LogP contribution in [0.15, 0.2) is 51.5 Å². The summed E-state index contributed by atoms with van der Waals surface area (Å²) in [5.74, 6) is 1.60. The highest BCUT2D eigenvalue weighted by molar-refractivity contribution is 9.10. The Labute approximate surface area is 124 Å². The van der Waals surface area contributed by atoms with Gasteiger partial charge in [-0.3, -0.25) is 0 Å². The van der Waals surface area contributed by atoms with Gasteiger partial charge < -0.3 is 9.52 Å². The second-order valence-corrected chi connectivity index (χ2v) is 5.25. The fourth-order valence-corrected chi connectivity index (χ4v) is 2.14.